The monoisotopic (exact) mass is 360 g/mol. The average Bonchev–Trinajstić information content (AvgIpc) is 2.66. The Morgan fingerprint density at radius 3 is 1.69 bits per heavy atom. The van der Waals surface area contributed by atoms with Gasteiger partial charge in [-0.2, -0.15) is 0 Å². The zero-order valence-corrected chi connectivity index (χ0v) is 16.5. The Hall–Kier alpha value is -1.64. The zero-order chi connectivity index (χ0) is 18.9. The zero-order valence-electron chi connectivity index (χ0n) is 16.5. The first-order chi connectivity index (χ1) is 12.8. The highest BCUT2D eigenvalue weighted by molar-refractivity contribution is 5.76. The van der Waals surface area contributed by atoms with Crippen LogP contribution in [0.5, 0.6) is 5.75 Å². The summed E-state index contributed by atoms with van der Waals surface area (Å²) >= 11 is 0. The van der Waals surface area contributed by atoms with E-state index in [0.29, 0.717) is 17.7 Å². The van der Waals surface area contributed by atoms with Gasteiger partial charge in [-0.15, -0.1) is 0 Å². The highest BCUT2D eigenvalue weighted by Crippen LogP contribution is 2.15. The summed E-state index contributed by atoms with van der Waals surface area (Å²) in [7, 11) is 0. The largest absolute Gasteiger partial charge is 0.427 e. The van der Waals surface area contributed by atoms with Crippen molar-refractivity contribution < 1.29 is 14.3 Å². The van der Waals surface area contributed by atoms with Gasteiger partial charge in [-0.05, 0) is 30.7 Å². The third-order valence-electron chi connectivity index (χ3n) is 4.73. The highest BCUT2D eigenvalue weighted by Gasteiger charge is 2.04. The molecule has 26 heavy (non-hydrogen) atoms. The van der Waals surface area contributed by atoms with Crippen LogP contribution in [0.25, 0.3) is 0 Å². The van der Waals surface area contributed by atoms with Gasteiger partial charge in [0.2, 0.25) is 0 Å². The van der Waals surface area contributed by atoms with Crippen LogP contribution >= 0.6 is 0 Å². The van der Waals surface area contributed by atoms with Crippen LogP contribution < -0.4 is 4.74 Å². The molecule has 146 valence electrons. The van der Waals surface area contributed by atoms with E-state index in [1.165, 1.54) is 70.6 Å². The van der Waals surface area contributed by atoms with E-state index in [1.54, 1.807) is 24.3 Å². The van der Waals surface area contributed by atoms with Crippen LogP contribution in [0, 0.1) is 0 Å². The molecule has 1 aromatic carbocycles. The fourth-order valence-electron chi connectivity index (χ4n) is 3.08. The average molecular weight is 361 g/mol. The molecule has 0 amide bonds. The van der Waals surface area contributed by atoms with Gasteiger partial charge in [0, 0.05) is 12.0 Å². The number of ether oxygens (including phenoxy) is 1. The third-order valence-corrected chi connectivity index (χ3v) is 4.73. The number of benzene rings is 1. The molecule has 0 radical (unpaired) electrons. The number of unbranched alkanes of at least 4 members (excludes halogenated alkanes) is 12. The maximum Gasteiger partial charge on any atom is 0.311 e. The van der Waals surface area contributed by atoms with Crippen molar-refractivity contribution in [2.24, 2.45) is 0 Å². The molecule has 0 saturated heterocycles. The predicted octanol–water partition coefficient (Wildman–Crippen LogP) is 6.89. The summed E-state index contributed by atoms with van der Waals surface area (Å²) in [4.78, 5) is 22.4. The fourth-order valence-corrected chi connectivity index (χ4v) is 3.08. The van der Waals surface area contributed by atoms with E-state index in [2.05, 4.69) is 6.92 Å². The van der Waals surface area contributed by atoms with E-state index < -0.39 is 0 Å². The molecule has 0 saturated carbocycles. The quantitative estimate of drug-likeness (QED) is 0.140. The molecule has 0 aliphatic carbocycles. The molecule has 0 atom stereocenters. The number of carbonyl (C=O) groups is 2. The van der Waals surface area contributed by atoms with Gasteiger partial charge in [-0.3, -0.25) is 9.59 Å². The van der Waals surface area contributed by atoms with Crippen molar-refractivity contribution in [2.75, 3.05) is 0 Å². The van der Waals surface area contributed by atoms with Crippen LogP contribution in [-0.4, -0.2) is 12.3 Å². The summed E-state index contributed by atoms with van der Waals surface area (Å²) < 4.78 is 5.27. The van der Waals surface area contributed by atoms with Crippen LogP contribution in [-0.2, 0) is 4.79 Å². The normalized spacial score (nSPS) is 10.7. The van der Waals surface area contributed by atoms with E-state index in [9.17, 15) is 9.59 Å². The number of carbonyl (C=O) groups excluding carboxylic acids is 2. The Balaban J connectivity index is 1.89. The summed E-state index contributed by atoms with van der Waals surface area (Å²) in [5, 5.41) is 0. The maximum atomic E-state index is 11.8. The van der Waals surface area contributed by atoms with Gasteiger partial charge >= 0.3 is 5.97 Å². The van der Waals surface area contributed by atoms with E-state index in [1.807, 2.05) is 0 Å². The standard InChI is InChI=1S/C23H36O3/c1-2-3-4-5-6-7-8-9-10-11-12-13-14-15-23(25)26-22-18-16-21(20-24)17-19-22/h16-20H,2-15H2,1H3. The van der Waals surface area contributed by atoms with Crippen molar-refractivity contribution in [3.63, 3.8) is 0 Å². The predicted molar refractivity (Wildman–Crippen MR) is 108 cm³/mol. The van der Waals surface area contributed by atoms with Crippen molar-refractivity contribution in [2.45, 2.75) is 96.8 Å². The summed E-state index contributed by atoms with van der Waals surface area (Å²) in [5.41, 5.74) is 0.585. The first-order valence-electron chi connectivity index (χ1n) is 10.5. The fraction of sp³-hybridized carbons (Fsp3) is 0.652. The van der Waals surface area contributed by atoms with Gasteiger partial charge in [-0.1, -0.05) is 84.0 Å². The first kappa shape index (κ1) is 22.4. The van der Waals surface area contributed by atoms with Crippen LogP contribution in [0.2, 0.25) is 0 Å². The molecule has 1 rings (SSSR count). The van der Waals surface area contributed by atoms with Crippen LogP contribution in [0.3, 0.4) is 0 Å². The molecule has 0 unspecified atom stereocenters. The molecule has 1 aromatic rings. The second kappa shape index (κ2) is 15.6. The Labute approximate surface area is 159 Å². The van der Waals surface area contributed by atoms with E-state index in [4.69, 9.17) is 4.74 Å². The number of rotatable bonds is 16. The lowest BCUT2D eigenvalue weighted by molar-refractivity contribution is -0.134. The minimum Gasteiger partial charge on any atom is -0.427 e. The Morgan fingerprint density at radius 2 is 1.23 bits per heavy atom. The van der Waals surface area contributed by atoms with Gasteiger partial charge in [0.25, 0.3) is 0 Å². The smallest absolute Gasteiger partial charge is 0.311 e. The molecule has 0 aliphatic heterocycles. The SMILES string of the molecule is CCCCCCCCCCCCCCCC(=O)Oc1ccc(C=O)cc1. The van der Waals surface area contributed by atoms with Crippen LogP contribution in [0.15, 0.2) is 24.3 Å². The molecule has 0 bridgehead atoms. The summed E-state index contributed by atoms with van der Waals surface area (Å²) in [6, 6.07) is 6.62. The Kier molecular flexibility index (Phi) is 13.4. The van der Waals surface area contributed by atoms with Crippen LogP contribution in [0.4, 0.5) is 0 Å². The molecular formula is C23H36O3. The molecule has 0 spiro atoms. The van der Waals surface area contributed by atoms with Crippen molar-refractivity contribution >= 4 is 12.3 Å². The van der Waals surface area contributed by atoms with Gasteiger partial charge in [0.05, 0.1) is 0 Å². The Bertz CT molecular complexity index is 479. The number of esters is 1. The van der Waals surface area contributed by atoms with Gasteiger partial charge < -0.3 is 4.74 Å². The van der Waals surface area contributed by atoms with Crippen LogP contribution in [0.1, 0.15) is 107 Å². The van der Waals surface area contributed by atoms with E-state index >= 15 is 0 Å². The molecule has 0 heterocycles. The Morgan fingerprint density at radius 1 is 0.769 bits per heavy atom. The number of hydrogen-bond donors (Lipinski definition) is 0. The summed E-state index contributed by atoms with van der Waals surface area (Å²) in [6.07, 6.45) is 18.1. The van der Waals surface area contributed by atoms with Crippen molar-refractivity contribution in [1.82, 2.24) is 0 Å². The van der Waals surface area contributed by atoms with Crippen molar-refractivity contribution in [3.8, 4) is 5.75 Å². The van der Waals surface area contributed by atoms with E-state index in [0.717, 1.165) is 19.1 Å². The molecule has 3 nitrogen and oxygen atoms in total. The minimum absolute atomic E-state index is 0.188. The molecule has 0 N–H and O–H groups in total. The second-order valence-corrected chi connectivity index (χ2v) is 7.15. The maximum absolute atomic E-state index is 11.8. The topological polar surface area (TPSA) is 43.4 Å². The lowest BCUT2D eigenvalue weighted by atomic mass is 10.0. The molecule has 0 aliphatic rings. The number of hydrogen-bond acceptors (Lipinski definition) is 3. The molecule has 0 fully saturated rings. The van der Waals surface area contributed by atoms with Crippen molar-refractivity contribution in [1.29, 1.82) is 0 Å². The molecule has 3 heteroatoms. The first-order valence-corrected chi connectivity index (χ1v) is 10.5. The summed E-state index contributed by atoms with van der Waals surface area (Å²) in [5.74, 6) is 0.322. The van der Waals surface area contributed by atoms with Gasteiger partial charge in [0.15, 0.2) is 0 Å². The van der Waals surface area contributed by atoms with E-state index in [-0.39, 0.29) is 5.97 Å². The summed E-state index contributed by atoms with van der Waals surface area (Å²) in [6.45, 7) is 2.26. The molecular weight excluding hydrogens is 324 g/mol. The lowest BCUT2D eigenvalue weighted by Gasteiger charge is -2.05. The lowest BCUT2D eigenvalue weighted by Crippen LogP contribution is -2.07. The minimum atomic E-state index is -0.188. The highest BCUT2D eigenvalue weighted by atomic mass is 16.5. The number of aldehydes is 1. The molecule has 0 aromatic heterocycles. The van der Waals surface area contributed by atoms with Gasteiger partial charge in [-0.25, -0.2) is 0 Å². The van der Waals surface area contributed by atoms with Crippen molar-refractivity contribution in [3.05, 3.63) is 29.8 Å². The second-order valence-electron chi connectivity index (χ2n) is 7.15. The third kappa shape index (κ3) is 11.8. The van der Waals surface area contributed by atoms with Gasteiger partial charge in [0.1, 0.15) is 12.0 Å².